The summed E-state index contributed by atoms with van der Waals surface area (Å²) in [5, 5.41) is 13.4. The molecule has 1 N–H and O–H groups in total. The summed E-state index contributed by atoms with van der Waals surface area (Å²) in [6, 6.07) is 7.35. The van der Waals surface area contributed by atoms with Gasteiger partial charge in [0.15, 0.2) is 0 Å². The molecule has 2 aromatic carbocycles. The van der Waals surface area contributed by atoms with Crippen LogP contribution in [-0.2, 0) is 6.54 Å². The van der Waals surface area contributed by atoms with Crippen LogP contribution in [0.15, 0.2) is 36.4 Å². The third-order valence-corrected chi connectivity index (χ3v) is 2.81. The highest BCUT2D eigenvalue weighted by atomic mass is 19.1. The lowest BCUT2D eigenvalue weighted by Gasteiger charge is -2.09. The zero-order chi connectivity index (χ0) is 15.4. The summed E-state index contributed by atoms with van der Waals surface area (Å²) in [5.74, 6) is -0.752. The fourth-order valence-electron chi connectivity index (χ4n) is 1.80. The predicted octanol–water partition coefficient (Wildman–Crippen LogP) is 3.49. The minimum atomic E-state index is -0.716. The van der Waals surface area contributed by atoms with Crippen molar-refractivity contribution in [1.29, 1.82) is 0 Å². The van der Waals surface area contributed by atoms with Crippen LogP contribution in [0.2, 0.25) is 0 Å². The SMILES string of the molecule is COc1ccc(F)c(NCc2cc(F)cc([N+](=O)[O-])c2)c1. The highest BCUT2D eigenvalue weighted by Gasteiger charge is 2.10. The Morgan fingerprint density at radius 2 is 2.00 bits per heavy atom. The van der Waals surface area contributed by atoms with E-state index >= 15 is 0 Å². The monoisotopic (exact) mass is 294 g/mol. The van der Waals surface area contributed by atoms with Crippen LogP contribution in [0.4, 0.5) is 20.2 Å². The number of hydrogen-bond acceptors (Lipinski definition) is 4. The Morgan fingerprint density at radius 3 is 2.67 bits per heavy atom. The zero-order valence-corrected chi connectivity index (χ0v) is 11.1. The summed E-state index contributed by atoms with van der Waals surface area (Å²) in [4.78, 5) is 9.98. The van der Waals surface area contributed by atoms with Gasteiger partial charge >= 0.3 is 0 Å². The lowest BCUT2D eigenvalue weighted by Crippen LogP contribution is -2.03. The van der Waals surface area contributed by atoms with E-state index in [-0.39, 0.29) is 17.9 Å². The van der Waals surface area contributed by atoms with Crippen molar-refractivity contribution in [3.05, 3.63) is 63.7 Å². The molecule has 0 saturated carbocycles. The van der Waals surface area contributed by atoms with Crippen LogP contribution in [0.3, 0.4) is 0 Å². The van der Waals surface area contributed by atoms with Crippen LogP contribution in [-0.4, -0.2) is 12.0 Å². The minimum absolute atomic E-state index is 0.0443. The summed E-state index contributed by atoms with van der Waals surface area (Å²) in [7, 11) is 1.45. The van der Waals surface area contributed by atoms with Gasteiger partial charge in [0.2, 0.25) is 0 Å². The first kappa shape index (κ1) is 14.7. The van der Waals surface area contributed by atoms with Gasteiger partial charge in [-0.3, -0.25) is 10.1 Å². The number of nitro benzene ring substituents is 1. The number of nitro groups is 1. The molecule has 0 aliphatic rings. The van der Waals surface area contributed by atoms with E-state index in [1.54, 1.807) is 0 Å². The zero-order valence-electron chi connectivity index (χ0n) is 11.1. The molecule has 5 nitrogen and oxygen atoms in total. The van der Waals surface area contributed by atoms with Crippen molar-refractivity contribution < 1.29 is 18.4 Å². The summed E-state index contributed by atoms with van der Waals surface area (Å²) < 4.78 is 31.9. The topological polar surface area (TPSA) is 64.4 Å². The Kier molecular flexibility index (Phi) is 4.32. The molecular weight excluding hydrogens is 282 g/mol. The predicted molar refractivity (Wildman–Crippen MR) is 73.3 cm³/mol. The van der Waals surface area contributed by atoms with Gasteiger partial charge in [-0.15, -0.1) is 0 Å². The lowest BCUT2D eigenvalue weighted by atomic mass is 10.2. The van der Waals surface area contributed by atoms with E-state index in [1.165, 1.54) is 31.4 Å². The molecule has 2 rings (SSSR count). The molecule has 0 aliphatic heterocycles. The van der Waals surface area contributed by atoms with Crippen LogP contribution in [0, 0.1) is 21.7 Å². The number of ether oxygens (including phenoxy) is 1. The number of halogens is 2. The van der Waals surface area contributed by atoms with Gasteiger partial charge in [0.1, 0.15) is 17.4 Å². The van der Waals surface area contributed by atoms with E-state index in [4.69, 9.17) is 4.74 Å². The van der Waals surface area contributed by atoms with Crippen LogP contribution in [0.5, 0.6) is 5.75 Å². The lowest BCUT2D eigenvalue weighted by molar-refractivity contribution is -0.385. The largest absolute Gasteiger partial charge is 0.497 e. The fraction of sp³-hybridized carbons (Fsp3) is 0.143. The van der Waals surface area contributed by atoms with Gasteiger partial charge in [-0.2, -0.15) is 0 Å². The molecule has 0 aliphatic carbocycles. The van der Waals surface area contributed by atoms with Gasteiger partial charge in [-0.25, -0.2) is 8.78 Å². The Hall–Kier alpha value is -2.70. The van der Waals surface area contributed by atoms with Gasteiger partial charge < -0.3 is 10.1 Å². The highest BCUT2D eigenvalue weighted by Crippen LogP contribution is 2.22. The third kappa shape index (κ3) is 3.65. The first-order valence-corrected chi connectivity index (χ1v) is 6.01. The smallest absolute Gasteiger partial charge is 0.272 e. The number of nitrogens with one attached hydrogen (secondary N) is 1. The average Bonchev–Trinajstić information content (AvgIpc) is 2.46. The average molecular weight is 294 g/mol. The number of anilines is 1. The molecule has 0 radical (unpaired) electrons. The number of methoxy groups -OCH3 is 1. The molecule has 0 fully saturated rings. The number of rotatable bonds is 5. The summed E-state index contributed by atoms with van der Waals surface area (Å²) in [5.41, 5.74) is 0.156. The van der Waals surface area contributed by atoms with Crippen molar-refractivity contribution >= 4 is 11.4 Å². The molecule has 0 spiro atoms. The Balaban J connectivity index is 2.18. The molecule has 0 aromatic heterocycles. The highest BCUT2D eigenvalue weighted by molar-refractivity contribution is 5.50. The van der Waals surface area contributed by atoms with Gasteiger partial charge in [0.25, 0.3) is 5.69 Å². The summed E-state index contributed by atoms with van der Waals surface area (Å²) >= 11 is 0. The number of hydrogen-bond donors (Lipinski definition) is 1. The van der Waals surface area contributed by atoms with Crippen molar-refractivity contribution in [1.82, 2.24) is 0 Å². The molecule has 7 heteroatoms. The number of nitrogens with zero attached hydrogens (tertiary/aromatic N) is 1. The van der Waals surface area contributed by atoms with Crippen molar-refractivity contribution in [2.24, 2.45) is 0 Å². The fourth-order valence-corrected chi connectivity index (χ4v) is 1.80. The van der Waals surface area contributed by atoms with E-state index in [0.29, 0.717) is 11.3 Å². The maximum atomic E-state index is 13.6. The molecule has 0 unspecified atom stereocenters. The number of non-ortho nitro benzene ring substituents is 1. The van der Waals surface area contributed by atoms with E-state index < -0.39 is 16.6 Å². The second-order valence-electron chi connectivity index (χ2n) is 4.27. The van der Waals surface area contributed by atoms with Crippen LogP contribution >= 0.6 is 0 Å². The Labute approximate surface area is 119 Å². The molecule has 2 aromatic rings. The quantitative estimate of drug-likeness (QED) is 0.677. The van der Waals surface area contributed by atoms with E-state index in [0.717, 1.165) is 12.1 Å². The van der Waals surface area contributed by atoms with Gasteiger partial charge in [0, 0.05) is 18.7 Å². The van der Waals surface area contributed by atoms with E-state index in [2.05, 4.69) is 5.32 Å². The van der Waals surface area contributed by atoms with Crippen LogP contribution in [0.1, 0.15) is 5.56 Å². The second-order valence-corrected chi connectivity index (χ2v) is 4.27. The molecule has 0 heterocycles. The van der Waals surface area contributed by atoms with Crippen molar-refractivity contribution in [3.8, 4) is 5.75 Å². The van der Waals surface area contributed by atoms with Gasteiger partial charge in [0.05, 0.1) is 23.8 Å². The maximum absolute atomic E-state index is 13.6. The molecule has 0 bridgehead atoms. The third-order valence-electron chi connectivity index (χ3n) is 2.81. The van der Waals surface area contributed by atoms with E-state index in [1.807, 2.05) is 0 Å². The summed E-state index contributed by atoms with van der Waals surface area (Å²) in [6.07, 6.45) is 0. The van der Waals surface area contributed by atoms with Gasteiger partial charge in [-0.1, -0.05) is 0 Å². The molecule has 0 atom stereocenters. The maximum Gasteiger partial charge on any atom is 0.272 e. The van der Waals surface area contributed by atoms with Crippen molar-refractivity contribution in [3.63, 3.8) is 0 Å². The number of benzene rings is 2. The normalized spacial score (nSPS) is 10.2. The van der Waals surface area contributed by atoms with Crippen molar-refractivity contribution in [2.75, 3.05) is 12.4 Å². The summed E-state index contributed by atoms with van der Waals surface area (Å²) in [6.45, 7) is 0.0443. The van der Waals surface area contributed by atoms with E-state index in [9.17, 15) is 18.9 Å². The standard InChI is InChI=1S/C14H12F2N2O3/c1-21-12-2-3-13(16)14(7-12)17-8-9-4-10(15)6-11(5-9)18(19)20/h2-7,17H,8H2,1H3. The molecule has 0 amide bonds. The Bertz CT molecular complexity index is 677. The molecule has 0 saturated heterocycles. The van der Waals surface area contributed by atoms with Gasteiger partial charge in [-0.05, 0) is 23.8 Å². The molecule has 21 heavy (non-hydrogen) atoms. The Morgan fingerprint density at radius 1 is 1.24 bits per heavy atom. The minimum Gasteiger partial charge on any atom is -0.497 e. The van der Waals surface area contributed by atoms with Crippen LogP contribution in [0.25, 0.3) is 0 Å². The molecular formula is C14H12F2N2O3. The molecule has 110 valence electrons. The second kappa shape index (κ2) is 6.17. The van der Waals surface area contributed by atoms with Crippen molar-refractivity contribution in [2.45, 2.75) is 6.54 Å². The van der Waals surface area contributed by atoms with Crippen LogP contribution < -0.4 is 10.1 Å². The first-order valence-electron chi connectivity index (χ1n) is 6.01. The first-order chi connectivity index (χ1) is 9.99.